The monoisotopic (exact) mass is 238 g/mol. The van der Waals surface area contributed by atoms with Crippen molar-refractivity contribution < 1.29 is 9.90 Å². The fraction of sp³-hybridized carbons (Fsp3) is 0.0909. The minimum absolute atomic E-state index is 0.00203. The van der Waals surface area contributed by atoms with Crippen LogP contribution < -0.4 is 0 Å². The van der Waals surface area contributed by atoms with E-state index in [1.807, 2.05) is 24.3 Å². The van der Waals surface area contributed by atoms with E-state index in [0.717, 1.165) is 22.9 Å². The van der Waals surface area contributed by atoms with Gasteiger partial charge in [0.2, 0.25) is 0 Å². The third-order valence-electron chi connectivity index (χ3n) is 1.71. The number of carboxylic acid groups (broad SMARTS) is 1. The van der Waals surface area contributed by atoms with Crippen LogP contribution in [0.2, 0.25) is 0 Å². The SMILES string of the molecule is C=Cc1ccc(C(=S)SCC(=O)O)cc1. The van der Waals surface area contributed by atoms with Gasteiger partial charge in [-0.3, -0.25) is 4.79 Å². The maximum atomic E-state index is 10.3. The molecule has 0 aliphatic heterocycles. The van der Waals surface area contributed by atoms with Crippen LogP contribution in [-0.2, 0) is 4.79 Å². The molecular formula is C11H10O2S2. The first-order chi connectivity index (χ1) is 7.13. The van der Waals surface area contributed by atoms with E-state index in [-0.39, 0.29) is 5.75 Å². The van der Waals surface area contributed by atoms with E-state index in [2.05, 4.69) is 6.58 Å². The molecule has 0 saturated heterocycles. The predicted molar refractivity (Wildman–Crippen MR) is 68.3 cm³/mol. The minimum Gasteiger partial charge on any atom is -0.481 e. The van der Waals surface area contributed by atoms with Crippen LogP contribution >= 0.6 is 24.0 Å². The minimum atomic E-state index is -0.856. The average Bonchev–Trinajstić information content (AvgIpc) is 2.26. The van der Waals surface area contributed by atoms with E-state index >= 15 is 0 Å². The second kappa shape index (κ2) is 5.68. The molecule has 0 aromatic heterocycles. The Labute approximate surface area is 98.0 Å². The molecule has 1 N–H and O–H groups in total. The van der Waals surface area contributed by atoms with Crippen molar-refractivity contribution in [3.63, 3.8) is 0 Å². The van der Waals surface area contributed by atoms with Crippen LogP contribution in [0.25, 0.3) is 6.08 Å². The van der Waals surface area contributed by atoms with Gasteiger partial charge in [-0.05, 0) is 11.1 Å². The highest BCUT2D eigenvalue weighted by molar-refractivity contribution is 8.24. The summed E-state index contributed by atoms with van der Waals surface area (Å²) in [5.41, 5.74) is 1.90. The summed E-state index contributed by atoms with van der Waals surface area (Å²) in [6.07, 6.45) is 1.75. The Kier molecular flexibility index (Phi) is 4.52. The van der Waals surface area contributed by atoms with Crippen molar-refractivity contribution in [2.24, 2.45) is 0 Å². The summed E-state index contributed by atoms with van der Waals surface area (Å²) >= 11 is 6.25. The van der Waals surface area contributed by atoms with Crippen molar-refractivity contribution in [3.05, 3.63) is 42.0 Å². The smallest absolute Gasteiger partial charge is 0.313 e. The molecular weight excluding hydrogens is 228 g/mol. The molecule has 0 bridgehead atoms. The number of aliphatic carboxylic acids is 1. The van der Waals surface area contributed by atoms with Crippen molar-refractivity contribution in [3.8, 4) is 0 Å². The molecule has 0 heterocycles. The third-order valence-corrected chi connectivity index (χ3v) is 3.19. The summed E-state index contributed by atoms with van der Waals surface area (Å²) in [5.74, 6) is -0.854. The van der Waals surface area contributed by atoms with Crippen molar-refractivity contribution in [2.45, 2.75) is 0 Å². The summed E-state index contributed by atoms with van der Waals surface area (Å²) in [7, 11) is 0. The molecule has 0 amide bonds. The molecule has 0 atom stereocenters. The lowest BCUT2D eigenvalue weighted by atomic mass is 10.1. The lowest BCUT2D eigenvalue weighted by molar-refractivity contribution is -0.133. The van der Waals surface area contributed by atoms with Gasteiger partial charge >= 0.3 is 5.97 Å². The number of thioether (sulfide) groups is 1. The highest BCUT2D eigenvalue weighted by Crippen LogP contribution is 2.15. The maximum Gasteiger partial charge on any atom is 0.313 e. The molecule has 0 fully saturated rings. The summed E-state index contributed by atoms with van der Waals surface area (Å²) in [5, 5.41) is 8.50. The molecule has 0 saturated carbocycles. The van der Waals surface area contributed by atoms with E-state index in [1.54, 1.807) is 6.08 Å². The quantitative estimate of drug-likeness (QED) is 0.818. The average molecular weight is 238 g/mol. The molecule has 0 aliphatic rings. The first-order valence-electron chi connectivity index (χ1n) is 4.25. The van der Waals surface area contributed by atoms with Crippen LogP contribution in [0.4, 0.5) is 0 Å². The van der Waals surface area contributed by atoms with E-state index in [4.69, 9.17) is 17.3 Å². The van der Waals surface area contributed by atoms with E-state index in [9.17, 15) is 4.79 Å². The Morgan fingerprint density at radius 3 is 2.53 bits per heavy atom. The molecule has 0 aliphatic carbocycles. The van der Waals surface area contributed by atoms with Crippen molar-refractivity contribution in [1.82, 2.24) is 0 Å². The first kappa shape index (κ1) is 11.9. The standard InChI is InChI=1S/C11H10O2S2/c1-2-8-3-5-9(6-4-8)11(14)15-7-10(12)13/h2-6H,1,7H2,(H,12,13). The van der Waals surface area contributed by atoms with Crippen LogP contribution in [0.1, 0.15) is 11.1 Å². The van der Waals surface area contributed by atoms with Gasteiger partial charge in [0.05, 0.1) is 9.95 Å². The Morgan fingerprint density at radius 2 is 2.07 bits per heavy atom. The van der Waals surface area contributed by atoms with Crippen molar-refractivity contribution >= 4 is 40.2 Å². The van der Waals surface area contributed by atoms with Gasteiger partial charge in [0.25, 0.3) is 0 Å². The normalized spacial score (nSPS) is 9.60. The Morgan fingerprint density at radius 1 is 1.47 bits per heavy atom. The predicted octanol–water partition coefficient (Wildman–Crippen LogP) is 2.82. The van der Waals surface area contributed by atoms with E-state index < -0.39 is 5.97 Å². The molecule has 4 heteroatoms. The van der Waals surface area contributed by atoms with E-state index in [0.29, 0.717) is 4.20 Å². The lowest BCUT2D eigenvalue weighted by Gasteiger charge is -2.02. The molecule has 0 spiro atoms. The van der Waals surface area contributed by atoms with Gasteiger partial charge in [0, 0.05) is 0 Å². The molecule has 1 rings (SSSR count). The zero-order valence-corrected chi connectivity index (χ0v) is 9.61. The van der Waals surface area contributed by atoms with Gasteiger partial charge in [-0.2, -0.15) is 0 Å². The number of hydrogen-bond acceptors (Lipinski definition) is 3. The lowest BCUT2D eigenvalue weighted by Crippen LogP contribution is -2.02. The van der Waals surface area contributed by atoms with Crippen molar-refractivity contribution in [2.75, 3.05) is 5.75 Å². The van der Waals surface area contributed by atoms with Gasteiger partial charge < -0.3 is 5.11 Å². The van der Waals surface area contributed by atoms with Crippen molar-refractivity contribution in [1.29, 1.82) is 0 Å². The van der Waals surface area contributed by atoms with Gasteiger partial charge in [-0.15, -0.1) is 11.8 Å². The number of rotatable bonds is 4. The zero-order valence-electron chi connectivity index (χ0n) is 7.97. The summed E-state index contributed by atoms with van der Waals surface area (Å²) < 4.78 is 0.605. The molecule has 78 valence electrons. The van der Waals surface area contributed by atoms with Gasteiger partial charge in [0.15, 0.2) is 0 Å². The molecule has 2 nitrogen and oxygen atoms in total. The molecule has 0 unspecified atom stereocenters. The number of thiocarbonyl (C=S) groups is 1. The second-order valence-corrected chi connectivity index (χ2v) is 4.45. The van der Waals surface area contributed by atoms with Crippen LogP contribution in [-0.4, -0.2) is 21.0 Å². The Hall–Kier alpha value is -1.13. The fourth-order valence-electron chi connectivity index (χ4n) is 0.966. The van der Waals surface area contributed by atoms with Crippen LogP contribution in [0.3, 0.4) is 0 Å². The number of carbonyl (C=O) groups is 1. The fourth-order valence-corrected chi connectivity index (χ4v) is 1.84. The van der Waals surface area contributed by atoms with Crippen LogP contribution in [0, 0.1) is 0 Å². The molecule has 1 aromatic rings. The summed E-state index contributed by atoms with van der Waals surface area (Å²) in [6.45, 7) is 3.65. The summed E-state index contributed by atoms with van der Waals surface area (Å²) in [4.78, 5) is 10.3. The Bertz CT molecular complexity index is 382. The second-order valence-electron chi connectivity index (χ2n) is 2.80. The Balaban J connectivity index is 2.66. The first-order valence-corrected chi connectivity index (χ1v) is 5.64. The van der Waals surface area contributed by atoms with Gasteiger partial charge in [-0.25, -0.2) is 0 Å². The highest BCUT2D eigenvalue weighted by Gasteiger charge is 2.04. The van der Waals surface area contributed by atoms with E-state index in [1.165, 1.54) is 0 Å². The molecule has 1 aromatic carbocycles. The highest BCUT2D eigenvalue weighted by atomic mass is 32.2. The molecule has 0 radical (unpaired) electrons. The number of benzene rings is 1. The van der Waals surface area contributed by atoms with Gasteiger partial charge in [0.1, 0.15) is 0 Å². The zero-order chi connectivity index (χ0) is 11.3. The van der Waals surface area contributed by atoms with Crippen LogP contribution in [0.15, 0.2) is 30.8 Å². The third kappa shape index (κ3) is 3.85. The largest absolute Gasteiger partial charge is 0.481 e. The van der Waals surface area contributed by atoms with Crippen LogP contribution in [0.5, 0.6) is 0 Å². The topological polar surface area (TPSA) is 37.3 Å². The molecule has 15 heavy (non-hydrogen) atoms. The maximum absolute atomic E-state index is 10.3. The summed E-state index contributed by atoms with van der Waals surface area (Å²) in [6, 6.07) is 7.54. The number of carboxylic acids is 1. The number of hydrogen-bond donors (Lipinski definition) is 1. The van der Waals surface area contributed by atoms with Gasteiger partial charge in [-0.1, -0.05) is 49.1 Å².